The topological polar surface area (TPSA) is 43.1 Å². The van der Waals surface area contributed by atoms with E-state index in [1.54, 1.807) is 0 Å². The van der Waals surface area contributed by atoms with E-state index in [1.165, 1.54) is 0 Å². The molecule has 0 rings (SSSR count). The van der Waals surface area contributed by atoms with Gasteiger partial charge in [-0.25, -0.2) is 0 Å². The minimum Gasteiger partial charge on any atom is -0.319 e. The van der Waals surface area contributed by atoms with Gasteiger partial charge in [0.1, 0.15) is 0 Å². The Balaban J connectivity index is 4.30. The molecule has 0 aliphatic carbocycles. The Hall–Kier alpha value is -0.370. The maximum Gasteiger partial charge on any atom is 0.152 e. The van der Waals surface area contributed by atoms with Gasteiger partial charge in [-0.1, -0.05) is 40.5 Å². The molecule has 0 radical (unpaired) electrons. The molecular weight excluding hydrogens is 174 g/mol. The third-order valence-electron chi connectivity index (χ3n) is 3.45. The molecule has 0 bridgehead atoms. The van der Waals surface area contributed by atoms with Crippen molar-refractivity contribution in [2.45, 2.75) is 65.3 Å². The summed E-state index contributed by atoms with van der Waals surface area (Å²) >= 11 is 0. The number of nitrogens with two attached hydrogens (primary N) is 1. The highest BCUT2D eigenvalue weighted by molar-refractivity contribution is 5.88. The summed E-state index contributed by atoms with van der Waals surface area (Å²) in [7, 11) is 0. The predicted molar refractivity (Wildman–Crippen MR) is 61.2 cm³/mol. The number of Topliss-reactive ketones (excluding diaryl/α,β-unsaturated/α-hetero) is 1. The SMILES string of the molecule is CCC(CC)CC(=O)C(N)(CC)CC. The first-order valence-electron chi connectivity index (χ1n) is 5.86. The summed E-state index contributed by atoms with van der Waals surface area (Å²) in [5.41, 5.74) is 5.48. The number of hydrogen-bond acceptors (Lipinski definition) is 2. The number of carbonyl (C=O) groups is 1. The fourth-order valence-electron chi connectivity index (χ4n) is 1.69. The molecule has 0 aromatic carbocycles. The molecule has 0 heterocycles. The Morgan fingerprint density at radius 3 is 1.86 bits per heavy atom. The van der Waals surface area contributed by atoms with Gasteiger partial charge in [0.25, 0.3) is 0 Å². The van der Waals surface area contributed by atoms with Crippen LogP contribution in [-0.4, -0.2) is 11.3 Å². The molecule has 84 valence electrons. The van der Waals surface area contributed by atoms with Crippen LogP contribution in [-0.2, 0) is 4.79 Å². The Labute approximate surface area is 88.3 Å². The van der Waals surface area contributed by atoms with Crippen molar-refractivity contribution >= 4 is 5.78 Å². The second-order valence-corrected chi connectivity index (χ2v) is 4.17. The molecule has 0 amide bonds. The third kappa shape index (κ3) is 3.41. The first-order valence-corrected chi connectivity index (χ1v) is 5.86. The minimum absolute atomic E-state index is 0.246. The number of carbonyl (C=O) groups excluding carboxylic acids is 1. The zero-order valence-electron chi connectivity index (χ0n) is 10.1. The van der Waals surface area contributed by atoms with Gasteiger partial charge in [0.2, 0.25) is 0 Å². The molecule has 0 saturated heterocycles. The van der Waals surface area contributed by atoms with Crippen LogP contribution in [0.1, 0.15) is 59.8 Å². The van der Waals surface area contributed by atoms with Gasteiger partial charge in [-0.05, 0) is 18.8 Å². The smallest absolute Gasteiger partial charge is 0.152 e. The lowest BCUT2D eigenvalue weighted by Crippen LogP contribution is -2.47. The van der Waals surface area contributed by atoms with Crippen LogP contribution in [0.3, 0.4) is 0 Å². The first kappa shape index (κ1) is 13.6. The summed E-state index contributed by atoms with van der Waals surface area (Å²) in [5.74, 6) is 0.764. The van der Waals surface area contributed by atoms with Crippen molar-refractivity contribution in [2.75, 3.05) is 0 Å². The van der Waals surface area contributed by atoms with Crippen LogP contribution in [0.15, 0.2) is 0 Å². The fourth-order valence-corrected chi connectivity index (χ4v) is 1.69. The predicted octanol–water partition coefficient (Wildman–Crippen LogP) is 2.90. The van der Waals surface area contributed by atoms with Crippen LogP contribution in [0.4, 0.5) is 0 Å². The van der Waals surface area contributed by atoms with Gasteiger partial charge >= 0.3 is 0 Å². The molecule has 0 saturated carbocycles. The zero-order chi connectivity index (χ0) is 11.2. The van der Waals surface area contributed by atoms with Crippen LogP contribution in [0.2, 0.25) is 0 Å². The summed E-state index contributed by atoms with van der Waals surface area (Å²) in [6.07, 6.45) is 4.31. The molecule has 2 heteroatoms. The van der Waals surface area contributed by atoms with Crippen molar-refractivity contribution in [3.05, 3.63) is 0 Å². The maximum absolute atomic E-state index is 11.9. The third-order valence-corrected chi connectivity index (χ3v) is 3.45. The van der Waals surface area contributed by atoms with Crippen molar-refractivity contribution in [2.24, 2.45) is 11.7 Å². The van der Waals surface area contributed by atoms with Crippen LogP contribution in [0.5, 0.6) is 0 Å². The van der Waals surface area contributed by atoms with Crippen LogP contribution < -0.4 is 5.73 Å². The normalized spacial score (nSPS) is 12.1. The van der Waals surface area contributed by atoms with Crippen LogP contribution >= 0.6 is 0 Å². The van der Waals surface area contributed by atoms with E-state index < -0.39 is 5.54 Å². The van der Waals surface area contributed by atoms with Crippen molar-refractivity contribution in [3.63, 3.8) is 0 Å². The van der Waals surface area contributed by atoms with E-state index in [0.717, 1.165) is 25.7 Å². The molecule has 0 fully saturated rings. The van der Waals surface area contributed by atoms with E-state index >= 15 is 0 Å². The highest BCUT2D eigenvalue weighted by Gasteiger charge is 2.30. The zero-order valence-corrected chi connectivity index (χ0v) is 10.1. The lowest BCUT2D eigenvalue weighted by atomic mass is 9.83. The highest BCUT2D eigenvalue weighted by atomic mass is 16.1. The van der Waals surface area contributed by atoms with E-state index in [9.17, 15) is 4.79 Å². The van der Waals surface area contributed by atoms with E-state index in [0.29, 0.717) is 12.3 Å². The molecule has 0 aliphatic rings. The Kier molecular flexibility index (Phi) is 6.01. The standard InChI is InChI=1S/C12H25NO/c1-5-10(6-2)9-11(14)12(13,7-3)8-4/h10H,5-9,13H2,1-4H3. The molecular formula is C12H25NO. The Morgan fingerprint density at radius 2 is 1.57 bits per heavy atom. The lowest BCUT2D eigenvalue weighted by Gasteiger charge is -2.26. The number of hydrogen-bond donors (Lipinski definition) is 1. The van der Waals surface area contributed by atoms with Gasteiger partial charge in [0.15, 0.2) is 5.78 Å². The second kappa shape index (κ2) is 6.18. The molecule has 0 atom stereocenters. The highest BCUT2D eigenvalue weighted by Crippen LogP contribution is 2.21. The Bertz CT molecular complexity index is 169. The van der Waals surface area contributed by atoms with Crippen LogP contribution in [0.25, 0.3) is 0 Å². The van der Waals surface area contributed by atoms with Gasteiger partial charge in [0.05, 0.1) is 5.54 Å². The van der Waals surface area contributed by atoms with E-state index in [-0.39, 0.29) is 5.78 Å². The lowest BCUT2D eigenvalue weighted by molar-refractivity contribution is -0.125. The quantitative estimate of drug-likeness (QED) is 0.685. The van der Waals surface area contributed by atoms with Crippen molar-refractivity contribution in [1.29, 1.82) is 0 Å². The number of ketones is 1. The van der Waals surface area contributed by atoms with Gasteiger partial charge < -0.3 is 5.73 Å². The summed E-state index contributed by atoms with van der Waals surface area (Å²) in [5, 5.41) is 0. The minimum atomic E-state index is -0.567. The van der Waals surface area contributed by atoms with Gasteiger partial charge in [-0.3, -0.25) is 4.79 Å². The van der Waals surface area contributed by atoms with E-state index in [4.69, 9.17) is 5.73 Å². The monoisotopic (exact) mass is 199 g/mol. The van der Waals surface area contributed by atoms with Crippen molar-refractivity contribution in [1.82, 2.24) is 0 Å². The van der Waals surface area contributed by atoms with Crippen molar-refractivity contribution < 1.29 is 4.79 Å². The van der Waals surface area contributed by atoms with E-state index in [2.05, 4.69) is 13.8 Å². The Morgan fingerprint density at radius 1 is 1.14 bits per heavy atom. The molecule has 0 aromatic rings. The van der Waals surface area contributed by atoms with Gasteiger partial charge in [-0.15, -0.1) is 0 Å². The molecule has 2 nitrogen and oxygen atoms in total. The molecule has 14 heavy (non-hydrogen) atoms. The molecule has 0 aromatic heterocycles. The largest absolute Gasteiger partial charge is 0.319 e. The number of rotatable bonds is 7. The maximum atomic E-state index is 11.9. The van der Waals surface area contributed by atoms with Crippen molar-refractivity contribution in [3.8, 4) is 0 Å². The summed E-state index contributed by atoms with van der Waals surface area (Å²) in [6, 6.07) is 0. The average molecular weight is 199 g/mol. The van der Waals surface area contributed by atoms with Gasteiger partial charge in [-0.2, -0.15) is 0 Å². The summed E-state index contributed by atoms with van der Waals surface area (Å²) in [4.78, 5) is 11.9. The second-order valence-electron chi connectivity index (χ2n) is 4.17. The fraction of sp³-hybridized carbons (Fsp3) is 0.917. The van der Waals surface area contributed by atoms with Gasteiger partial charge in [0, 0.05) is 6.42 Å². The average Bonchev–Trinajstić information content (AvgIpc) is 2.24. The molecule has 0 spiro atoms. The molecule has 0 aliphatic heterocycles. The summed E-state index contributed by atoms with van der Waals surface area (Å²) < 4.78 is 0. The first-order chi connectivity index (χ1) is 6.53. The van der Waals surface area contributed by atoms with Crippen LogP contribution in [0, 0.1) is 5.92 Å². The molecule has 2 N–H and O–H groups in total. The van der Waals surface area contributed by atoms with E-state index in [1.807, 2.05) is 13.8 Å². The molecule has 0 unspecified atom stereocenters. The summed E-state index contributed by atoms with van der Waals surface area (Å²) in [6.45, 7) is 8.26.